The fourth-order valence-electron chi connectivity index (χ4n) is 2.06. The summed E-state index contributed by atoms with van der Waals surface area (Å²) in [5.41, 5.74) is 3.33. The van der Waals surface area contributed by atoms with E-state index in [-0.39, 0.29) is 4.83 Å². The first kappa shape index (κ1) is 16.8. The number of aryl methyl sites for hydroxylation is 1. The molecule has 0 heterocycles. The van der Waals surface area contributed by atoms with Gasteiger partial charge in [-0.05, 0) is 48.4 Å². The highest BCUT2D eigenvalue weighted by Gasteiger charge is 2.19. The number of methoxy groups -OCH3 is 2. The van der Waals surface area contributed by atoms with Crippen LogP contribution in [0.25, 0.3) is 0 Å². The van der Waals surface area contributed by atoms with E-state index in [4.69, 9.17) is 9.47 Å². The molecular weight excluding hydrogens is 464 g/mol. The highest BCUT2D eigenvalue weighted by Crippen LogP contribution is 2.42. The minimum absolute atomic E-state index is 0.00572. The largest absolute Gasteiger partial charge is 0.497 e. The molecule has 0 aromatic heterocycles. The predicted octanol–water partition coefficient (Wildman–Crippen LogP) is 6.02. The van der Waals surface area contributed by atoms with Crippen LogP contribution in [0.15, 0.2) is 39.3 Å². The van der Waals surface area contributed by atoms with E-state index < -0.39 is 0 Å². The van der Waals surface area contributed by atoms with Crippen molar-refractivity contribution in [1.82, 2.24) is 0 Å². The van der Waals surface area contributed by atoms with Crippen LogP contribution >= 0.6 is 47.8 Å². The molecule has 1 atom stereocenters. The number of hydrogen-bond acceptors (Lipinski definition) is 2. The summed E-state index contributed by atoms with van der Waals surface area (Å²) >= 11 is 11.0. The fourth-order valence-corrected chi connectivity index (χ4v) is 4.15. The zero-order valence-electron chi connectivity index (χ0n) is 11.9. The van der Waals surface area contributed by atoms with Gasteiger partial charge in [0.2, 0.25) is 0 Å². The molecule has 2 rings (SSSR count). The van der Waals surface area contributed by atoms with E-state index in [2.05, 4.69) is 66.8 Å². The number of hydrogen-bond donors (Lipinski definition) is 0. The summed E-state index contributed by atoms with van der Waals surface area (Å²) in [5.74, 6) is 1.62. The molecule has 0 aliphatic heterocycles. The Labute approximate surface area is 150 Å². The lowest BCUT2D eigenvalue weighted by molar-refractivity contribution is 0.399. The molecule has 0 radical (unpaired) electrons. The minimum atomic E-state index is -0.00572. The number of alkyl halides is 1. The zero-order chi connectivity index (χ0) is 15.6. The summed E-state index contributed by atoms with van der Waals surface area (Å²) in [6.07, 6.45) is 0. The van der Waals surface area contributed by atoms with Crippen LogP contribution in [0.4, 0.5) is 0 Å². The first-order valence-corrected chi connectivity index (χ1v) is 8.79. The van der Waals surface area contributed by atoms with Gasteiger partial charge in [0.15, 0.2) is 0 Å². The lowest BCUT2D eigenvalue weighted by atomic mass is 10.0. The number of benzene rings is 2. The third kappa shape index (κ3) is 3.63. The van der Waals surface area contributed by atoms with Crippen LogP contribution < -0.4 is 9.47 Å². The van der Waals surface area contributed by atoms with Crippen LogP contribution in [0.2, 0.25) is 0 Å². The van der Waals surface area contributed by atoms with Gasteiger partial charge in [0.25, 0.3) is 0 Å². The van der Waals surface area contributed by atoms with Gasteiger partial charge in [-0.25, -0.2) is 0 Å². The summed E-state index contributed by atoms with van der Waals surface area (Å²) in [4.78, 5) is -0.00572. The van der Waals surface area contributed by atoms with Crippen molar-refractivity contribution in [2.45, 2.75) is 11.8 Å². The highest BCUT2D eigenvalue weighted by atomic mass is 79.9. The molecule has 0 aliphatic carbocycles. The van der Waals surface area contributed by atoms with E-state index >= 15 is 0 Å². The summed E-state index contributed by atoms with van der Waals surface area (Å²) in [7, 11) is 3.33. The molecule has 21 heavy (non-hydrogen) atoms. The van der Waals surface area contributed by atoms with Crippen molar-refractivity contribution in [2.75, 3.05) is 14.2 Å². The molecule has 0 amide bonds. The Morgan fingerprint density at radius 3 is 2.24 bits per heavy atom. The molecule has 0 saturated carbocycles. The molecule has 0 bridgehead atoms. The van der Waals surface area contributed by atoms with Gasteiger partial charge >= 0.3 is 0 Å². The van der Waals surface area contributed by atoms with E-state index in [1.807, 2.05) is 18.2 Å². The Morgan fingerprint density at radius 2 is 1.62 bits per heavy atom. The van der Waals surface area contributed by atoms with Gasteiger partial charge in [0.1, 0.15) is 11.5 Å². The Morgan fingerprint density at radius 1 is 0.905 bits per heavy atom. The highest BCUT2D eigenvalue weighted by molar-refractivity contribution is 9.11. The Kier molecular flexibility index (Phi) is 5.74. The molecule has 2 nitrogen and oxygen atoms in total. The van der Waals surface area contributed by atoms with E-state index in [0.717, 1.165) is 31.6 Å². The van der Waals surface area contributed by atoms with Gasteiger partial charge in [-0.15, -0.1) is 0 Å². The topological polar surface area (TPSA) is 18.5 Å². The normalized spacial score (nSPS) is 12.1. The molecule has 0 N–H and O–H groups in total. The SMILES string of the molecule is COc1ccc(OC)c(C(Br)c2cc(Br)c(C)cc2Br)c1. The Balaban J connectivity index is 2.53. The van der Waals surface area contributed by atoms with Gasteiger partial charge < -0.3 is 9.47 Å². The van der Waals surface area contributed by atoms with E-state index in [9.17, 15) is 0 Å². The average Bonchev–Trinajstić information content (AvgIpc) is 2.49. The van der Waals surface area contributed by atoms with Crippen LogP contribution in [0.3, 0.4) is 0 Å². The van der Waals surface area contributed by atoms with Crippen LogP contribution in [0.1, 0.15) is 21.5 Å². The second-order valence-electron chi connectivity index (χ2n) is 4.59. The summed E-state index contributed by atoms with van der Waals surface area (Å²) < 4.78 is 12.9. The third-order valence-electron chi connectivity index (χ3n) is 3.26. The lowest BCUT2D eigenvalue weighted by Gasteiger charge is -2.18. The van der Waals surface area contributed by atoms with Crippen molar-refractivity contribution in [3.8, 4) is 11.5 Å². The summed E-state index contributed by atoms with van der Waals surface area (Å²) in [5, 5.41) is 0. The van der Waals surface area contributed by atoms with Crippen molar-refractivity contribution in [3.05, 3.63) is 56.0 Å². The molecule has 2 aromatic carbocycles. The second-order valence-corrected chi connectivity index (χ2v) is 7.22. The smallest absolute Gasteiger partial charge is 0.123 e. The standard InChI is InChI=1S/C16H15Br3O2/c1-9-6-14(18)11(8-13(9)17)16(19)12-7-10(20-2)4-5-15(12)21-3/h4-8,16H,1-3H3. The molecule has 0 saturated heterocycles. The quantitative estimate of drug-likeness (QED) is 0.500. The fraction of sp³-hybridized carbons (Fsp3) is 0.250. The van der Waals surface area contributed by atoms with Crippen molar-refractivity contribution in [1.29, 1.82) is 0 Å². The van der Waals surface area contributed by atoms with Crippen molar-refractivity contribution < 1.29 is 9.47 Å². The van der Waals surface area contributed by atoms with Gasteiger partial charge in [-0.1, -0.05) is 47.8 Å². The third-order valence-corrected chi connectivity index (χ3v) is 5.79. The molecule has 112 valence electrons. The molecule has 5 heteroatoms. The van der Waals surface area contributed by atoms with Gasteiger partial charge in [0, 0.05) is 14.5 Å². The van der Waals surface area contributed by atoms with Gasteiger partial charge in [-0.2, -0.15) is 0 Å². The Bertz CT molecular complexity index is 656. The molecular formula is C16H15Br3O2. The van der Waals surface area contributed by atoms with E-state index in [1.165, 1.54) is 5.56 Å². The molecule has 0 aliphatic rings. The predicted molar refractivity (Wildman–Crippen MR) is 96.9 cm³/mol. The minimum Gasteiger partial charge on any atom is -0.497 e. The number of ether oxygens (including phenoxy) is 2. The van der Waals surface area contributed by atoms with E-state index in [0.29, 0.717) is 0 Å². The molecule has 2 aromatic rings. The van der Waals surface area contributed by atoms with Crippen molar-refractivity contribution in [2.24, 2.45) is 0 Å². The van der Waals surface area contributed by atoms with Crippen molar-refractivity contribution in [3.63, 3.8) is 0 Å². The number of halogens is 3. The summed E-state index contributed by atoms with van der Waals surface area (Å²) in [6.45, 7) is 2.06. The maximum atomic E-state index is 5.47. The molecule has 0 spiro atoms. The van der Waals surface area contributed by atoms with Gasteiger partial charge in [-0.3, -0.25) is 0 Å². The molecule has 1 unspecified atom stereocenters. The first-order valence-electron chi connectivity index (χ1n) is 6.29. The second kappa shape index (κ2) is 7.16. The lowest BCUT2D eigenvalue weighted by Crippen LogP contribution is -1.99. The zero-order valence-corrected chi connectivity index (χ0v) is 16.7. The monoisotopic (exact) mass is 476 g/mol. The Hall–Kier alpha value is -0.520. The van der Waals surface area contributed by atoms with Crippen LogP contribution in [-0.2, 0) is 0 Å². The first-order chi connectivity index (χ1) is 9.97. The van der Waals surface area contributed by atoms with Gasteiger partial charge in [0.05, 0.1) is 19.0 Å². The maximum Gasteiger partial charge on any atom is 0.123 e. The van der Waals surface area contributed by atoms with Crippen LogP contribution in [0, 0.1) is 6.92 Å². The molecule has 0 fully saturated rings. The average molecular weight is 479 g/mol. The van der Waals surface area contributed by atoms with Crippen LogP contribution in [0.5, 0.6) is 11.5 Å². The number of rotatable bonds is 4. The summed E-state index contributed by atoms with van der Waals surface area (Å²) in [6, 6.07) is 10.00. The van der Waals surface area contributed by atoms with Crippen LogP contribution in [-0.4, -0.2) is 14.2 Å². The van der Waals surface area contributed by atoms with E-state index in [1.54, 1.807) is 14.2 Å². The maximum absolute atomic E-state index is 5.47. The van der Waals surface area contributed by atoms with Crippen molar-refractivity contribution >= 4 is 47.8 Å².